The number of halogens is 3. The predicted octanol–water partition coefficient (Wildman–Crippen LogP) is 3.78. The number of hydrogen-bond acceptors (Lipinski definition) is 2. The molecule has 2 aromatic rings. The van der Waals surface area contributed by atoms with Gasteiger partial charge in [-0.25, -0.2) is 14.4 Å². The molecule has 0 aliphatic carbocycles. The van der Waals surface area contributed by atoms with Gasteiger partial charge in [0.1, 0.15) is 5.82 Å². The fourth-order valence-electron chi connectivity index (χ4n) is 1.21. The second-order valence-electron chi connectivity index (χ2n) is 3.18. The van der Waals surface area contributed by atoms with E-state index in [1.54, 1.807) is 24.5 Å². The summed E-state index contributed by atoms with van der Waals surface area (Å²) >= 11 is 8.75. The summed E-state index contributed by atoms with van der Waals surface area (Å²) in [6.07, 6.45) is 3.32. The minimum atomic E-state index is -0.305. The largest absolute Gasteiger partial charge is 0.236 e. The van der Waals surface area contributed by atoms with Crippen LogP contribution in [-0.2, 0) is 5.88 Å². The Morgan fingerprint density at radius 1 is 1.25 bits per heavy atom. The smallest absolute Gasteiger partial charge is 0.159 e. The lowest BCUT2D eigenvalue weighted by Crippen LogP contribution is -1.91. The molecule has 0 aliphatic rings. The van der Waals surface area contributed by atoms with Crippen LogP contribution in [-0.4, -0.2) is 9.97 Å². The second-order valence-corrected chi connectivity index (χ2v) is 4.30. The zero-order valence-electron chi connectivity index (χ0n) is 8.12. The van der Waals surface area contributed by atoms with Crippen LogP contribution < -0.4 is 0 Å². The van der Waals surface area contributed by atoms with E-state index in [0.29, 0.717) is 16.2 Å². The van der Waals surface area contributed by atoms with E-state index >= 15 is 0 Å². The molecule has 0 atom stereocenters. The standard InChI is InChI=1S/C11H7BrClFN2/c12-9-3-8(1-2-10(9)14)11-15-5-7(4-13)6-16-11/h1-3,5-6H,4H2. The van der Waals surface area contributed by atoms with E-state index in [9.17, 15) is 4.39 Å². The van der Waals surface area contributed by atoms with Crippen molar-refractivity contribution in [3.05, 3.63) is 46.4 Å². The van der Waals surface area contributed by atoms with Crippen molar-refractivity contribution in [2.24, 2.45) is 0 Å². The van der Waals surface area contributed by atoms with E-state index in [0.717, 1.165) is 11.1 Å². The van der Waals surface area contributed by atoms with Crippen molar-refractivity contribution >= 4 is 27.5 Å². The molecule has 1 aromatic heterocycles. The van der Waals surface area contributed by atoms with Gasteiger partial charge >= 0.3 is 0 Å². The fraction of sp³-hybridized carbons (Fsp3) is 0.0909. The lowest BCUT2D eigenvalue weighted by molar-refractivity contribution is 0.621. The number of nitrogens with zero attached hydrogens (tertiary/aromatic N) is 2. The molecule has 2 nitrogen and oxygen atoms in total. The van der Waals surface area contributed by atoms with Crippen LogP contribution in [0.4, 0.5) is 4.39 Å². The zero-order chi connectivity index (χ0) is 11.5. The molecule has 0 aliphatic heterocycles. The maximum atomic E-state index is 13.0. The van der Waals surface area contributed by atoms with Crippen molar-refractivity contribution in [1.82, 2.24) is 9.97 Å². The van der Waals surface area contributed by atoms with E-state index in [4.69, 9.17) is 11.6 Å². The molecule has 0 amide bonds. The van der Waals surface area contributed by atoms with Gasteiger partial charge in [-0.1, -0.05) is 0 Å². The lowest BCUT2D eigenvalue weighted by Gasteiger charge is -2.02. The number of benzene rings is 1. The molecule has 0 N–H and O–H groups in total. The molecule has 0 radical (unpaired) electrons. The first-order valence-electron chi connectivity index (χ1n) is 4.53. The SMILES string of the molecule is Fc1ccc(-c2ncc(CCl)cn2)cc1Br. The third-order valence-electron chi connectivity index (χ3n) is 2.04. The number of rotatable bonds is 2. The summed E-state index contributed by atoms with van der Waals surface area (Å²) < 4.78 is 13.4. The van der Waals surface area contributed by atoms with Gasteiger partial charge in [-0.05, 0) is 34.1 Å². The highest BCUT2D eigenvalue weighted by Gasteiger charge is 2.05. The third-order valence-corrected chi connectivity index (χ3v) is 2.95. The summed E-state index contributed by atoms with van der Waals surface area (Å²) in [5, 5.41) is 0. The molecule has 2 rings (SSSR count). The number of aromatic nitrogens is 2. The molecule has 0 spiro atoms. The number of hydrogen-bond donors (Lipinski definition) is 0. The van der Waals surface area contributed by atoms with Crippen molar-refractivity contribution in [2.75, 3.05) is 0 Å². The number of alkyl halides is 1. The van der Waals surface area contributed by atoms with Crippen molar-refractivity contribution < 1.29 is 4.39 Å². The Balaban J connectivity index is 2.38. The van der Waals surface area contributed by atoms with Crippen molar-refractivity contribution in [3.8, 4) is 11.4 Å². The van der Waals surface area contributed by atoms with E-state index < -0.39 is 0 Å². The van der Waals surface area contributed by atoms with Gasteiger partial charge in [0.05, 0.1) is 10.4 Å². The maximum Gasteiger partial charge on any atom is 0.159 e. The molecular formula is C11H7BrClFN2. The molecule has 0 unspecified atom stereocenters. The zero-order valence-corrected chi connectivity index (χ0v) is 10.5. The van der Waals surface area contributed by atoms with Gasteiger partial charge in [-0.2, -0.15) is 0 Å². The molecule has 1 heterocycles. The Morgan fingerprint density at radius 3 is 2.50 bits per heavy atom. The van der Waals surface area contributed by atoms with Crippen LogP contribution in [0.15, 0.2) is 35.1 Å². The molecule has 82 valence electrons. The van der Waals surface area contributed by atoms with Gasteiger partial charge in [0.15, 0.2) is 5.82 Å². The van der Waals surface area contributed by atoms with Gasteiger partial charge in [0.25, 0.3) is 0 Å². The molecule has 1 aromatic carbocycles. The first-order chi connectivity index (χ1) is 7.70. The maximum absolute atomic E-state index is 13.0. The van der Waals surface area contributed by atoms with Crippen molar-refractivity contribution in [3.63, 3.8) is 0 Å². The molecular weight excluding hydrogens is 294 g/mol. The first kappa shape index (κ1) is 11.5. The minimum absolute atomic E-state index is 0.305. The Hall–Kier alpha value is -1.00. The summed E-state index contributed by atoms with van der Waals surface area (Å²) in [6, 6.07) is 4.65. The molecule has 0 fully saturated rings. The summed E-state index contributed by atoms with van der Waals surface area (Å²) in [5.74, 6) is 0.628. The van der Waals surface area contributed by atoms with Crippen LogP contribution in [0.5, 0.6) is 0 Å². The predicted molar refractivity (Wildman–Crippen MR) is 64.7 cm³/mol. The average Bonchev–Trinajstić information content (AvgIpc) is 2.33. The van der Waals surface area contributed by atoms with E-state index in [1.165, 1.54) is 6.07 Å². The molecule has 16 heavy (non-hydrogen) atoms. The van der Waals surface area contributed by atoms with E-state index in [-0.39, 0.29) is 5.82 Å². The normalized spacial score (nSPS) is 10.4. The Kier molecular flexibility index (Phi) is 3.51. The van der Waals surface area contributed by atoms with Crippen LogP contribution in [0.3, 0.4) is 0 Å². The Bertz CT molecular complexity index is 502. The van der Waals surface area contributed by atoms with Crippen LogP contribution >= 0.6 is 27.5 Å². The van der Waals surface area contributed by atoms with Gasteiger partial charge in [-0.3, -0.25) is 0 Å². The highest BCUT2D eigenvalue weighted by atomic mass is 79.9. The summed E-state index contributed by atoms with van der Waals surface area (Å²) in [7, 11) is 0. The van der Waals surface area contributed by atoms with E-state index in [1.807, 2.05) is 0 Å². The van der Waals surface area contributed by atoms with Gasteiger partial charge in [0.2, 0.25) is 0 Å². The Labute approximate surface area is 106 Å². The second kappa shape index (κ2) is 4.89. The first-order valence-corrected chi connectivity index (χ1v) is 5.86. The quantitative estimate of drug-likeness (QED) is 0.789. The fourth-order valence-corrected chi connectivity index (χ4v) is 1.72. The highest BCUT2D eigenvalue weighted by Crippen LogP contribution is 2.22. The molecule has 0 saturated heterocycles. The van der Waals surface area contributed by atoms with Crippen LogP contribution in [0.25, 0.3) is 11.4 Å². The summed E-state index contributed by atoms with van der Waals surface area (Å²) in [4.78, 5) is 8.30. The van der Waals surface area contributed by atoms with Gasteiger partial charge < -0.3 is 0 Å². The van der Waals surface area contributed by atoms with Gasteiger partial charge in [0, 0.05) is 23.5 Å². The average molecular weight is 302 g/mol. The molecule has 5 heteroatoms. The third kappa shape index (κ3) is 2.39. The minimum Gasteiger partial charge on any atom is -0.236 e. The topological polar surface area (TPSA) is 25.8 Å². The van der Waals surface area contributed by atoms with Gasteiger partial charge in [-0.15, -0.1) is 11.6 Å². The monoisotopic (exact) mass is 300 g/mol. The molecule has 0 saturated carbocycles. The van der Waals surface area contributed by atoms with Crippen LogP contribution in [0.1, 0.15) is 5.56 Å². The summed E-state index contributed by atoms with van der Waals surface area (Å²) in [6.45, 7) is 0. The summed E-state index contributed by atoms with van der Waals surface area (Å²) in [5.41, 5.74) is 1.61. The highest BCUT2D eigenvalue weighted by molar-refractivity contribution is 9.10. The molecule has 0 bridgehead atoms. The van der Waals surface area contributed by atoms with E-state index in [2.05, 4.69) is 25.9 Å². The van der Waals surface area contributed by atoms with Crippen molar-refractivity contribution in [2.45, 2.75) is 5.88 Å². The van der Waals surface area contributed by atoms with Crippen molar-refractivity contribution in [1.29, 1.82) is 0 Å². The van der Waals surface area contributed by atoms with Crippen LogP contribution in [0.2, 0.25) is 0 Å². The van der Waals surface area contributed by atoms with Crippen LogP contribution in [0, 0.1) is 5.82 Å². The lowest BCUT2D eigenvalue weighted by atomic mass is 10.2. The Morgan fingerprint density at radius 2 is 1.94 bits per heavy atom.